The Morgan fingerprint density at radius 3 is 2.53 bits per heavy atom. The molecule has 166 valence electrons. The fourth-order valence-corrected chi connectivity index (χ4v) is 5.16. The van der Waals surface area contributed by atoms with Crippen LogP contribution in [0.5, 0.6) is 5.75 Å². The highest BCUT2D eigenvalue weighted by Crippen LogP contribution is 2.50. The van der Waals surface area contributed by atoms with Gasteiger partial charge in [-0.15, -0.1) is 0 Å². The van der Waals surface area contributed by atoms with Crippen LogP contribution in [0.3, 0.4) is 0 Å². The zero-order chi connectivity index (χ0) is 22.7. The number of carbonyl (C=O) groups excluding carboxylic acids is 1. The Hall–Kier alpha value is -3.39. The molecule has 2 unspecified atom stereocenters. The molecule has 0 aliphatic heterocycles. The highest BCUT2D eigenvalue weighted by Gasteiger charge is 2.38. The summed E-state index contributed by atoms with van der Waals surface area (Å²) in [4.78, 5) is 16.6. The number of nitrogens with zero attached hydrogens (tertiary/aromatic N) is 1. The minimum atomic E-state index is -3.71. The first-order valence-electron chi connectivity index (χ1n) is 10.4. The van der Waals surface area contributed by atoms with E-state index in [1.165, 1.54) is 12.1 Å². The maximum absolute atomic E-state index is 13.3. The third-order valence-corrected chi connectivity index (χ3v) is 7.46. The van der Waals surface area contributed by atoms with E-state index in [0.717, 1.165) is 17.5 Å². The van der Waals surface area contributed by atoms with E-state index < -0.39 is 9.84 Å². The third-order valence-electron chi connectivity index (χ3n) is 5.61. The van der Waals surface area contributed by atoms with E-state index in [0.29, 0.717) is 28.8 Å². The largest absolute Gasteiger partial charge is 0.497 e. The number of aromatic nitrogens is 1. The molecule has 1 fully saturated rings. The van der Waals surface area contributed by atoms with Crippen molar-refractivity contribution in [1.82, 2.24) is 10.3 Å². The van der Waals surface area contributed by atoms with Crippen LogP contribution in [0.25, 0.3) is 0 Å². The SMILES string of the molecule is COc1ccc(S(=O)(=O)c2ccc(NC(=O)NCc3cccnc3)cc2)c(C2CC2C)c1. The van der Waals surface area contributed by atoms with Crippen molar-refractivity contribution in [2.24, 2.45) is 5.92 Å². The van der Waals surface area contributed by atoms with Crippen molar-refractivity contribution in [2.45, 2.75) is 35.6 Å². The monoisotopic (exact) mass is 451 g/mol. The van der Waals surface area contributed by atoms with Crippen molar-refractivity contribution in [1.29, 1.82) is 0 Å². The zero-order valence-corrected chi connectivity index (χ0v) is 18.7. The van der Waals surface area contributed by atoms with Gasteiger partial charge in [0.05, 0.1) is 16.9 Å². The minimum absolute atomic E-state index is 0.179. The first-order chi connectivity index (χ1) is 15.4. The molecule has 7 nitrogen and oxygen atoms in total. The topological polar surface area (TPSA) is 97.4 Å². The molecule has 3 aromatic rings. The summed E-state index contributed by atoms with van der Waals surface area (Å²) >= 11 is 0. The molecular formula is C24H25N3O4S. The fourth-order valence-electron chi connectivity index (χ4n) is 3.65. The number of ether oxygens (including phenoxy) is 1. The van der Waals surface area contributed by atoms with Gasteiger partial charge in [-0.05, 0) is 77.9 Å². The number of pyridine rings is 1. The van der Waals surface area contributed by atoms with Crippen LogP contribution in [0.4, 0.5) is 10.5 Å². The lowest BCUT2D eigenvalue weighted by molar-refractivity contribution is 0.251. The smallest absolute Gasteiger partial charge is 0.319 e. The van der Waals surface area contributed by atoms with E-state index >= 15 is 0 Å². The van der Waals surface area contributed by atoms with E-state index in [-0.39, 0.29) is 16.8 Å². The molecular weight excluding hydrogens is 426 g/mol. The molecule has 4 rings (SSSR count). The number of hydrogen-bond acceptors (Lipinski definition) is 5. The fraction of sp³-hybridized carbons (Fsp3) is 0.250. The molecule has 1 saturated carbocycles. The van der Waals surface area contributed by atoms with Gasteiger partial charge in [0, 0.05) is 24.6 Å². The molecule has 2 atom stereocenters. The predicted molar refractivity (Wildman–Crippen MR) is 122 cm³/mol. The van der Waals surface area contributed by atoms with Crippen molar-refractivity contribution in [3.8, 4) is 5.75 Å². The molecule has 0 saturated heterocycles. The molecule has 1 aliphatic rings. The highest BCUT2D eigenvalue weighted by atomic mass is 32.2. The standard InChI is InChI=1S/C24H25N3O4S/c1-16-12-21(16)22-13-19(31-2)7-10-23(22)32(29,30)20-8-5-18(6-9-20)27-24(28)26-15-17-4-3-11-25-14-17/h3-11,13-14,16,21H,12,15H2,1-2H3,(H2,26,27,28). The first-order valence-corrected chi connectivity index (χ1v) is 11.8. The Bertz CT molecular complexity index is 1210. The Morgan fingerprint density at radius 2 is 1.91 bits per heavy atom. The number of hydrogen-bond donors (Lipinski definition) is 2. The maximum atomic E-state index is 13.3. The van der Waals surface area contributed by atoms with Gasteiger partial charge in [0.2, 0.25) is 9.84 Å². The molecule has 0 spiro atoms. The summed E-state index contributed by atoms with van der Waals surface area (Å²) in [5.41, 5.74) is 2.18. The quantitative estimate of drug-likeness (QED) is 0.556. The summed E-state index contributed by atoms with van der Waals surface area (Å²) in [6.07, 6.45) is 4.31. The van der Waals surface area contributed by atoms with Crippen molar-refractivity contribution >= 4 is 21.6 Å². The van der Waals surface area contributed by atoms with E-state index in [4.69, 9.17) is 4.74 Å². The lowest BCUT2D eigenvalue weighted by Gasteiger charge is -2.13. The van der Waals surface area contributed by atoms with Crippen LogP contribution in [0, 0.1) is 5.92 Å². The van der Waals surface area contributed by atoms with Gasteiger partial charge in [-0.2, -0.15) is 0 Å². The lowest BCUT2D eigenvalue weighted by atomic mass is 10.1. The van der Waals surface area contributed by atoms with Gasteiger partial charge in [0.15, 0.2) is 0 Å². The van der Waals surface area contributed by atoms with Crippen molar-refractivity contribution in [2.75, 3.05) is 12.4 Å². The van der Waals surface area contributed by atoms with Crippen LogP contribution in [0.15, 0.2) is 76.8 Å². The molecule has 1 heterocycles. The van der Waals surface area contributed by atoms with E-state index in [1.54, 1.807) is 49.8 Å². The first kappa shape index (κ1) is 21.8. The van der Waals surface area contributed by atoms with Crippen LogP contribution in [0.1, 0.15) is 30.4 Å². The summed E-state index contributed by atoms with van der Waals surface area (Å²) in [5, 5.41) is 5.45. The maximum Gasteiger partial charge on any atom is 0.319 e. The van der Waals surface area contributed by atoms with Gasteiger partial charge < -0.3 is 15.4 Å². The zero-order valence-electron chi connectivity index (χ0n) is 17.9. The Kier molecular flexibility index (Phi) is 6.14. The number of carbonyl (C=O) groups is 1. The summed E-state index contributed by atoms with van der Waals surface area (Å²) in [5.74, 6) is 1.32. The highest BCUT2D eigenvalue weighted by molar-refractivity contribution is 7.91. The molecule has 2 N–H and O–H groups in total. The van der Waals surface area contributed by atoms with Crippen LogP contribution in [0.2, 0.25) is 0 Å². The molecule has 0 radical (unpaired) electrons. The van der Waals surface area contributed by atoms with Gasteiger partial charge in [0.1, 0.15) is 5.75 Å². The van der Waals surface area contributed by atoms with Crippen LogP contribution < -0.4 is 15.4 Å². The van der Waals surface area contributed by atoms with Crippen LogP contribution in [-0.4, -0.2) is 26.5 Å². The number of urea groups is 1. The van der Waals surface area contributed by atoms with Crippen LogP contribution >= 0.6 is 0 Å². The van der Waals surface area contributed by atoms with Gasteiger partial charge in [-0.3, -0.25) is 4.98 Å². The molecule has 1 aromatic heterocycles. The summed E-state index contributed by atoms with van der Waals surface area (Å²) in [7, 11) is -2.13. The second-order valence-electron chi connectivity index (χ2n) is 7.92. The summed E-state index contributed by atoms with van der Waals surface area (Å²) in [6, 6.07) is 14.6. The normalized spacial score (nSPS) is 17.4. The van der Waals surface area contributed by atoms with E-state index in [9.17, 15) is 13.2 Å². The number of sulfone groups is 1. The summed E-state index contributed by atoms with van der Waals surface area (Å²) < 4.78 is 32.0. The van der Waals surface area contributed by atoms with Gasteiger partial charge in [0.25, 0.3) is 0 Å². The van der Waals surface area contributed by atoms with E-state index in [2.05, 4.69) is 22.5 Å². The number of anilines is 1. The molecule has 2 aromatic carbocycles. The number of methoxy groups -OCH3 is 1. The average molecular weight is 452 g/mol. The number of nitrogens with one attached hydrogen (secondary N) is 2. The summed E-state index contributed by atoms with van der Waals surface area (Å²) in [6.45, 7) is 2.45. The molecule has 8 heteroatoms. The second kappa shape index (κ2) is 9.00. The molecule has 2 amide bonds. The Balaban J connectivity index is 1.48. The van der Waals surface area contributed by atoms with Gasteiger partial charge in [-0.1, -0.05) is 13.0 Å². The lowest BCUT2D eigenvalue weighted by Crippen LogP contribution is -2.28. The molecule has 32 heavy (non-hydrogen) atoms. The number of benzene rings is 2. The minimum Gasteiger partial charge on any atom is -0.497 e. The second-order valence-corrected chi connectivity index (χ2v) is 9.84. The van der Waals surface area contributed by atoms with Crippen molar-refractivity contribution in [3.63, 3.8) is 0 Å². The average Bonchev–Trinajstić information content (AvgIpc) is 3.54. The Morgan fingerprint density at radius 1 is 1.16 bits per heavy atom. The van der Waals surface area contributed by atoms with E-state index in [1.807, 2.05) is 12.1 Å². The number of amides is 2. The van der Waals surface area contributed by atoms with Gasteiger partial charge >= 0.3 is 6.03 Å². The number of rotatable bonds is 7. The predicted octanol–water partition coefficient (Wildman–Crippen LogP) is 4.37. The third kappa shape index (κ3) is 4.75. The van der Waals surface area contributed by atoms with Gasteiger partial charge in [-0.25, -0.2) is 13.2 Å². The van der Waals surface area contributed by atoms with Crippen molar-refractivity contribution in [3.05, 3.63) is 78.1 Å². The molecule has 1 aliphatic carbocycles. The van der Waals surface area contributed by atoms with Crippen LogP contribution in [-0.2, 0) is 16.4 Å². The molecule has 0 bridgehead atoms. The van der Waals surface area contributed by atoms with Crippen molar-refractivity contribution < 1.29 is 17.9 Å². The Labute approximate surface area is 187 Å².